The van der Waals surface area contributed by atoms with Crippen LogP contribution in [0.4, 0.5) is 0 Å². The fourth-order valence-electron chi connectivity index (χ4n) is 4.04. The Morgan fingerprint density at radius 3 is 1.60 bits per heavy atom. The number of aromatic nitrogens is 2. The van der Waals surface area contributed by atoms with E-state index >= 15 is 0 Å². The quantitative estimate of drug-likeness (QED) is 0.622. The standard InChI is InChI=1S/C22H27N2.ClH/c1-14-10-16(3)21(17(4)11-14)23-8-9-24(20(23)7)22-18(5)12-15(2)13-19(22)6;/h8-13H,1-7H3;1H/q+1;/p-1. The van der Waals surface area contributed by atoms with E-state index in [2.05, 4.69) is 94.3 Å². The molecule has 2 aromatic carbocycles. The van der Waals surface area contributed by atoms with Crippen LogP contribution in [0.5, 0.6) is 0 Å². The van der Waals surface area contributed by atoms with Gasteiger partial charge in [0, 0.05) is 6.92 Å². The van der Waals surface area contributed by atoms with E-state index in [1.54, 1.807) is 0 Å². The van der Waals surface area contributed by atoms with Gasteiger partial charge in [-0.25, -0.2) is 0 Å². The summed E-state index contributed by atoms with van der Waals surface area (Å²) in [6.45, 7) is 15.3. The van der Waals surface area contributed by atoms with Crippen molar-refractivity contribution >= 4 is 0 Å². The Bertz CT molecular complexity index is 814. The number of hydrogen-bond donors (Lipinski definition) is 0. The van der Waals surface area contributed by atoms with Gasteiger partial charge in [-0.1, -0.05) is 35.4 Å². The van der Waals surface area contributed by atoms with Crippen molar-refractivity contribution < 1.29 is 17.0 Å². The van der Waals surface area contributed by atoms with E-state index in [1.165, 1.54) is 50.6 Å². The Morgan fingerprint density at radius 1 is 0.680 bits per heavy atom. The molecular formula is C22H27ClN2. The summed E-state index contributed by atoms with van der Waals surface area (Å²) >= 11 is 0. The molecule has 0 aliphatic rings. The van der Waals surface area contributed by atoms with Gasteiger partial charge in [0.15, 0.2) is 0 Å². The Morgan fingerprint density at radius 2 is 1.12 bits per heavy atom. The summed E-state index contributed by atoms with van der Waals surface area (Å²) in [7, 11) is 0. The normalized spacial score (nSPS) is 10.7. The van der Waals surface area contributed by atoms with Gasteiger partial charge in [-0.05, 0) is 63.8 Å². The molecule has 0 spiro atoms. The third-order valence-corrected chi connectivity index (χ3v) is 4.81. The monoisotopic (exact) mass is 354 g/mol. The lowest BCUT2D eigenvalue weighted by molar-refractivity contribution is -0.602. The molecule has 0 saturated heterocycles. The van der Waals surface area contributed by atoms with Crippen molar-refractivity contribution in [1.29, 1.82) is 0 Å². The van der Waals surface area contributed by atoms with Crippen molar-refractivity contribution in [2.45, 2.75) is 48.5 Å². The van der Waals surface area contributed by atoms with E-state index in [1.807, 2.05) is 0 Å². The van der Waals surface area contributed by atoms with Gasteiger partial charge in [0.1, 0.15) is 23.8 Å². The van der Waals surface area contributed by atoms with Crippen LogP contribution in [0.2, 0.25) is 0 Å². The molecule has 2 nitrogen and oxygen atoms in total. The first-order valence-electron chi connectivity index (χ1n) is 8.55. The topological polar surface area (TPSA) is 8.81 Å². The first kappa shape index (κ1) is 19.3. The van der Waals surface area contributed by atoms with Crippen LogP contribution in [-0.4, -0.2) is 4.57 Å². The first-order valence-corrected chi connectivity index (χ1v) is 8.55. The second-order valence-corrected chi connectivity index (χ2v) is 7.08. The molecule has 0 atom stereocenters. The number of aryl methyl sites for hydroxylation is 6. The lowest BCUT2D eigenvalue weighted by Crippen LogP contribution is -3.00. The van der Waals surface area contributed by atoms with Crippen LogP contribution in [-0.2, 0) is 0 Å². The van der Waals surface area contributed by atoms with Gasteiger partial charge < -0.3 is 12.4 Å². The van der Waals surface area contributed by atoms with Crippen LogP contribution >= 0.6 is 0 Å². The van der Waals surface area contributed by atoms with Crippen molar-refractivity contribution in [2.24, 2.45) is 0 Å². The summed E-state index contributed by atoms with van der Waals surface area (Å²) in [5, 5.41) is 0. The zero-order valence-electron chi connectivity index (χ0n) is 16.2. The van der Waals surface area contributed by atoms with E-state index in [-0.39, 0.29) is 12.4 Å². The highest BCUT2D eigenvalue weighted by Gasteiger charge is 2.21. The van der Waals surface area contributed by atoms with E-state index in [0.29, 0.717) is 0 Å². The number of rotatable bonds is 2. The molecule has 132 valence electrons. The van der Waals surface area contributed by atoms with Gasteiger partial charge >= 0.3 is 0 Å². The minimum Gasteiger partial charge on any atom is -1.00 e. The summed E-state index contributed by atoms with van der Waals surface area (Å²) in [5.41, 5.74) is 10.5. The molecule has 0 aliphatic heterocycles. The summed E-state index contributed by atoms with van der Waals surface area (Å²) in [6.07, 6.45) is 4.36. The predicted octanol–water partition coefficient (Wildman–Crippen LogP) is 1.92. The van der Waals surface area contributed by atoms with E-state index < -0.39 is 0 Å². The Labute approximate surface area is 157 Å². The minimum absolute atomic E-state index is 0. The summed E-state index contributed by atoms with van der Waals surface area (Å²) in [4.78, 5) is 0. The maximum atomic E-state index is 2.31. The highest BCUT2D eigenvalue weighted by Crippen LogP contribution is 2.23. The minimum atomic E-state index is 0. The van der Waals surface area contributed by atoms with Crippen molar-refractivity contribution in [3.05, 3.63) is 75.9 Å². The third-order valence-electron chi connectivity index (χ3n) is 4.81. The smallest absolute Gasteiger partial charge is 0.263 e. The highest BCUT2D eigenvalue weighted by molar-refractivity contribution is 5.50. The molecule has 0 N–H and O–H groups in total. The molecule has 25 heavy (non-hydrogen) atoms. The van der Waals surface area contributed by atoms with Gasteiger partial charge in [-0.3, -0.25) is 0 Å². The third kappa shape index (κ3) is 3.36. The predicted molar refractivity (Wildman–Crippen MR) is 100 cm³/mol. The molecule has 0 bridgehead atoms. The Kier molecular flexibility index (Phi) is 5.43. The van der Waals surface area contributed by atoms with Gasteiger partial charge in [0.25, 0.3) is 5.82 Å². The number of halogens is 1. The van der Waals surface area contributed by atoms with Crippen LogP contribution in [0.1, 0.15) is 39.2 Å². The van der Waals surface area contributed by atoms with Gasteiger partial charge in [0.2, 0.25) is 0 Å². The number of imidazole rings is 1. The number of benzene rings is 2. The molecular weight excluding hydrogens is 328 g/mol. The van der Waals surface area contributed by atoms with Crippen molar-refractivity contribution in [2.75, 3.05) is 0 Å². The summed E-state index contributed by atoms with van der Waals surface area (Å²) in [5.74, 6) is 1.22. The molecule has 3 rings (SSSR count). The largest absolute Gasteiger partial charge is 1.00 e. The van der Waals surface area contributed by atoms with Gasteiger partial charge in [0.05, 0.1) is 0 Å². The average molecular weight is 355 g/mol. The molecule has 1 heterocycles. The zero-order chi connectivity index (χ0) is 17.6. The van der Waals surface area contributed by atoms with Gasteiger partial charge in [-0.15, -0.1) is 0 Å². The molecule has 0 aliphatic carbocycles. The molecule has 0 fully saturated rings. The van der Waals surface area contributed by atoms with Crippen LogP contribution in [0.25, 0.3) is 11.4 Å². The second-order valence-electron chi connectivity index (χ2n) is 7.08. The van der Waals surface area contributed by atoms with Crippen molar-refractivity contribution in [3.63, 3.8) is 0 Å². The molecule has 3 heteroatoms. The second kappa shape index (κ2) is 7.05. The lowest BCUT2D eigenvalue weighted by Gasteiger charge is -2.11. The molecule has 0 amide bonds. The van der Waals surface area contributed by atoms with Gasteiger partial charge in [-0.2, -0.15) is 9.13 Å². The Balaban J connectivity index is 0.00000225. The van der Waals surface area contributed by atoms with E-state index in [9.17, 15) is 0 Å². The highest BCUT2D eigenvalue weighted by atomic mass is 35.5. The maximum absolute atomic E-state index is 2.31. The fraction of sp³-hybridized carbons (Fsp3) is 0.318. The molecule has 3 aromatic rings. The lowest BCUT2D eigenvalue weighted by atomic mass is 10.0. The van der Waals surface area contributed by atoms with Crippen LogP contribution in [0.3, 0.4) is 0 Å². The zero-order valence-corrected chi connectivity index (χ0v) is 17.0. The number of nitrogens with zero attached hydrogens (tertiary/aromatic N) is 2. The molecule has 1 aromatic heterocycles. The first-order chi connectivity index (χ1) is 11.3. The SMILES string of the molecule is Cc1cc(C)c(-n2cc[n+](-c3c(C)cc(C)cc3C)c2C)c(C)c1.[Cl-]. The van der Waals surface area contributed by atoms with Crippen molar-refractivity contribution in [3.8, 4) is 11.4 Å². The summed E-state index contributed by atoms with van der Waals surface area (Å²) < 4.78 is 4.62. The number of hydrogen-bond acceptors (Lipinski definition) is 0. The van der Waals surface area contributed by atoms with Crippen LogP contribution in [0.15, 0.2) is 36.7 Å². The maximum Gasteiger partial charge on any atom is 0.263 e. The fourth-order valence-corrected chi connectivity index (χ4v) is 4.04. The van der Waals surface area contributed by atoms with E-state index in [0.717, 1.165) is 0 Å². The van der Waals surface area contributed by atoms with Crippen LogP contribution in [0, 0.1) is 48.5 Å². The van der Waals surface area contributed by atoms with E-state index in [4.69, 9.17) is 0 Å². The average Bonchev–Trinajstić information content (AvgIpc) is 2.79. The molecule has 0 radical (unpaired) electrons. The summed E-state index contributed by atoms with van der Waals surface area (Å²) in [6, 6.07) is 9.03. The van der Waals surface area contributed by atoms with Crippen LogP contribution < -0.4 is 17.0 Å². The molecule has 0 saturated carbocycles. The van der Waals surface area contributed by atoms with Crippen molar-refractivity contribution in [1.82, 2.24) is 4.57 Å². The molecule has 0 unspecified atom stereocenters. The Hall–Kier alpha value is -2.06.